The fourth-order valence-corrected chi connectivity index (χ4v) is 2.90. The molecule has 0 saturated heterocycles. The maximum Gasteiger partial charge on any atom is 0.530 e. The molecule has 0 aromatic carbocycles. The molecule has 0 fully saturated rings. The fraction of sp³-hybridized carbons (Fsp3) is 0.667. The van der Waals surface area contributed by atoms with Crippen molar-refractivity contribution in [3.63, 3.8) is 0 Å². The molecule has 0 heterocycles. The van der Waals surface area contributed by atoms with E-state index in [4.69, 9.17) is 25.5 Å². The smallest absolute Gasteiger partial charge is 0.481 e. The van der Waals surface area contributed by atoms with E-state index >= 15 is 0 Å². The van der Waals surface area contributed by atoms with Gasteiger partial charge in [-0.25, -0.2) is 14.2 Å². The Morgan fingerprint density at radius 2 is 1.34 bits per heavy atom. The third-order valence-electron chi connectivity index (χ3n) is 3.25. The lowest BCUT2D eigenvalue weighted by Crippen LogP contribution is -2.49. The number of aliphatic hydroxyl groups is 5. The van der Waals surface area contributed by atoms with E-state index < -0.39 is 81.2 Å². The van der Waals surface area contributed by atoms with Gasteiger partial charge < -0.3 is 45.4 Å². The quantitative estimate of drug-likeness (QED) is 0.120. The number of carbonyl (C=O) groups is 4. The number of hydrogen-bond donors (Lipinski definition) is 9. The normalized spacial score (nSPS) is 18.0. The highest BCUT2D eigenvalue weighted by molar-refractivity contribution is 7.48. The molecule has 5 atom stereocenters. The maximum atomic E-state index is 11.9. The van der Waals surface area contributed by atoms with Gasteiger partial charge in [0.15, 0.2) is 11.7 Å². The Kier molecular flexibility index (Phi) is 9.77. The molecule has 0 aromatic heterocycles. The van der Waals surface area contributed by atoms with Crippen molar-refractivity contribution in [3.05, 3.63) is 0 Å². The molecule has 0 spiro atoms. The zero-order valence-corrected chi connectivity index (χ0v) is 15.2. The minimum atomic E-state index is -5.91. The van der Waals surface area contributed by atoms with E-state index in [1.165, 1.54) is 0 Å². The van der Waals surface area contributed by atoms with Crippen LogP contribution >= 0.6 is 7.82 Å². The molecule has 0 rings (SSSR count). The zero-order valence-electron chi connectivity index (χ0n) is 14.3. The predicted octanol–water partition coefficient (Wildman–Crippen LogP) is -4.14. The van der Waals surface area contributed by atoms with Gasteiger partial charge in [0.05, 0.1) is 19.4 Å². The van der Waals surface area contributed by atoms with E-state index in [-0.39, 0.29) is 0 Å². The molecule has 0 radical (unpaired) electrons. The van der Waals surface area contributed by atoms with Gasteiger partial charge in [-0.05, 0) is 0 Å². The number of carboxylic acids is 3. The van der Waals surface area contributed by atoms with Gasteiger partial charge in [0, 0.05) is 0 Å². The van der Waals surface area contributed by atoms with Gasteiger partial charge in [0.25, 0.3) is 0 Å². The van der Waals surface area contributed by atoms with Crippen molar-refractivity contribution in [3.8, 4) is 0 Å². The number of rotatable bonds is 13. The Bertz CT molecular complexity index is 659. The lowest BCUT2D eigenvalue weighted by atomic mass is 9.96. The molecule has 0 saturated carbocycles. The van der Waals surface area contributed by atoms with E-state index in [1.807, 2.05) is 0 Å². The van der Waals surface area contributed by atoms with Crippen LogP contribution in [0.15, 0.2) is 0 Å². The summed E-state index contributed by atoms with van der Waals surface area (Å²) in [4.78, 5) is 54.1. The Morgan fingerprint density at radius 1 is 0.897 bits per heavy atom. The first-order chi connectivity index (χ1) is 13.1. The van der Waals surface area contributed by atoms with Crippen LogP contribution in [0.25, 0.3) is 0 Å². The molecule has 16 nitrogen and oxygen atoms in total. The molecular weight excluding hydrogens is 431 g/mol. The summed E-state index contributed by atoms with van der Waals surface area (Å²) in [6, 6.07) is 0. The second-order valence-corrected chi connectivity index (χ2v) is 6.89. The molecule has 0 aliphatic heterocycles. The van der Waals surface area contributed by atoms with Gasteiger partial charge in [-0.15, -0.1) is 0 Å². The maximum absolute atomic E-state index is 11.9. The highest BCUT2D eigenvalue weighted by Gasteiger charge is 2.51. The standard InChI is InChI=1S/C12H19O16P/c13-3-4(14)7(19)8(20)9(21)10(22)27-29(25,26)28-12(11(23)24,1-5(15)16)2-6(17)18/h4,7-9,13-14,19-21H,1-3H2,(H,15,16)(H,17,18)(H,23,24)(H,25,26)/t4-,7-,8+,9-/m1/s1. The van der Waals surface area contributed by atoms with Gasteiger partial charge in [-0.2, -0.15) is 0 Å². The van der Waals surface area contributed by atoms with Crippen LogP contribution in [0.4, 0.5) is 0 Å². The van der Waals surface area contributed by atoms with Gasteiger partial charge >= 0.3 is 31.7 Å². The highest BCUT2D eigenvalue weighted by Crippen LogP contribution is 2.49. The molecule has 29 heavy (non-hydrogen) atoms. The Labute approximate surface area is 160 Å². The number of phosphoric acid groups is 1. The molecule has 0 aliphatic carbocycles. The average Bonchev–Trinajstić information content (AvgIpc) is 2.56. The summed E-state index contributed by atoms with van der Waals surface area (Å²) in [6.07, 6.45) is -13.1. The topological polar surface area (TPSA) is 286 Å². The molecular formula is C12H19O16P. The summed E-state index contributed by atoms with van der Waals surface area (Å²) in [6.45, 7) is -1.12. The molecule has 17 heteroatoms. The van der Waals surface area contributed by atoms with Crippen molar-refractivity contribution in [2.24, 2.45) is 0 Å². The van der Waals surface area contributed by atoms with Crippen molar-refractivity contribution in [1.82, 2.24) is 0 Å². The summed E-state index contributed by atoms with van der Waals surface area (Å²) in [5.41, 5.74) is -3.36. The largest absolute Gasteiger partial charge is 0.530 e. The van der Waals surface area contributed by atoms with E-state index in [2.05, 4.69) is 9.05 Å². The van der Waals surface area contributed by atoms with E-state index in [9.17, 15) is 44.0 Å². The predicted molar refractivity (Wildman–Crippen MR) is 83.0 cm³/mol. The van der Waals surface area contributed by atoms with E-state index in [0.29, 0.717) is 0 Å². The van der Waals surface area contributed by atoms with Crippen LogP contribution in [0.2, 0.25) is 0 Å². The zero-order chi connectivity index (χ0) is 23.2. The van der Waals surface area contributed by atoms with Crippen molar-refractivity contribution < 1.29 is 78.5 Å². The highest BCUT2D eigenvalue weighted by atomic mass is 31.2. The Hall–Kier alpha value is -2.17. The summed E-state index contributed by atoms with van der Waals surface area (Å²) >= 11 is 0. The minimum Gasteiger partial charge on any atom is -0.481 e. The Morgan fingerprint density at radius 3 is 1.69 bits per heavy atom. The van der Waals surface area contributed by atoms with Crippen LogP contribution in [-0.2, 0) is 32.8 Å². The third-order valence-corrected chi connectivity index (χ3v) is 4.25. The monoisotopic (exact) mass is 450 g/mol. The number of hydrogen-bond acceptors (Lipinski definition) is 12. The van der Waals surface area contributed by atoms with Gasteiger partial charge in [0.2, 0.25) is 0 Å². The number of aliphatic carboxylic acids is 3. The summed E-state index contributed by atoms with van der Waals surface area (Å²) in [7, 11) is -5.91. The number of phosphoric ester groups is 1. The summed E-state index contributed by atoms with van der Waals surface area (Å²) < 4.78 is 19.8. The van der Waals surface area contributed by atoms with Crippen LogP contribution in [0.1, 0.15) is 12.8 Å². The van der Waals surface area contributed by atoms with Crippen LogP contribution in [0.3, 0.4) is 0 Å². The molecule has 0 aliphatic rings. The van der Waals surface area contributed by atoms with Crippen LogP contribution < -0.4 is 0 Å². The second-order valence-electron chi connectivity index (χ2n) is 5.59. The molecule has 9 N–H and O–H groups in total. The number of carboxylic acid groups (broad SMARTS) is 3. The number of aliphatic hydroxyl groups excluding tert-OH is 5. The average molecular weight is 450 g/mol. The molecule has 0 amide bonds. The second kappa shape index (κ2) is 10.6. The van der Waals surface area contributed by atoms with Gasteiger partial charge in [0.1, 0.15) is 18.3 Å². The van der Waals surface area contributed by atoms with Crippen LogP contribution in [0.5, 0.6) is 0 Å². The SMILES string of the molecule is O=C(O)CC(CC(=O)O)(OP(=O)(O)OC(=O)[C@H](O)[C@@H](O)[C@H](O)[C@H](O)CO)C(=O)O. The molecule has 0 bridgehead atoms. The fourth-order valence-electron chi connectivity index (χ4n) is 1.87. The van der Waals surface area contributed by atoms with Crippen molar-refractivity contribution in [1.29, 1.82) is 0 Å². The number of carbonyl (C=O) groups excluding carboxylic acids is 1. The molecule has 168 valence electrons. The van der Waals surface area contributed by atoms with Crippen molar-refractivity contribution >= 4 is 31.7 Å². The van der Waals surface area contributed by atoms with E-state index in [0.717, 1.165) is 0 Å². The Balaban J connectivity index is 5.56. The minimum absolute atomic E-state index is 1.12. The first-order valence-electron chi connectivity index (χ1n) is 7.35. The molecule has 1 unspecified atom stereocenters. The van der Waals surface area contributed by atoms with E-state index in [1.54, 1.807) is 0 Å². The lowest BCUT2D eigenvalue weighted by molar-refractivity contribution is -0.172. The summed E-state index contributed by atoms with van der Waals surface area (Å²) in [5.74, 6) is -8.43. The van der Waals surface area contributed by atoms with Crippen molar-refractivity contribution in [2.75, 3.05) is 6.61 Å². The van der Waals surface area contributed by atoms with Gasteiger partial charge in [-0.1, -0.05) is 0 Å². The van der Waals surface area contributed by atoms with Crippen molar-refractivity contribution in [2.45, 2.75) is 42.9 Å². The third kappa shape index (κ3) is 8.00. The first-order valence-corrected chi connectivity index (χ1v) is 8.85. The van der Waals surface area contributed by atoms with Gasteiger partial charge in [-0.3, -0.25) is 19.0 Å². The first kappa shape index (κ1) is 26.8. The van der Waals surface area contributed by atoms with Crippen LogP contribution in [0, 0.1) is 0 Å². The lowest BCUT2D eigenvalue weighted by Gasteiger charge is -2.28. The van der Waals surface area contributed by atoms with Crippen LogP contribution in [-0.4, -0.2) is 106 Å². The molecule has 0 aromatic rings. The summed E-state index contributed by atoms with van der Waals surface area (Å²) in [5, 5.41) is 72.6.